The molecule has 0 spiro atoms. The maximum atomic E-state index is 6.27. The maximum Gasteiger partial charge on any atom is 0.192 e. The topological polar surface area (TPSA) is 14.2 Å². The molecule has 0 saturated heterocycles. The molecular formula is C18H27NOSi. The van der Waals surface area contributed by atoms with Crippen LogP contribution in [-0.4, -0.2) is 12.9 Å². The van der Waals surface area contributed by atoms with E-state index in [9.17, 15) is 0 Å². The van der Waals surface area contributed by atoms with E-state index in [-0.39, 0.29) is 5.04 Å². The lowest BCUT2D eigenvalue weighted by Gasteiger charge is -2.36. The smallest absolute Gasteiger partial charge is 0.192 e. The molecule has 2 aromatic rings. The first-order valence-electron chi connectivity index (χ1n) is 7.60. The van der Waals surface area contributed by atoms with Crippen LogP contribution in [0.3, 0.4) is 0 Å². The fourth-order valence-corrected chi connectivity index (χ4v) is 2.91. The molecule has 0 unspecified atom stereocenters. The summed E-state index contributed by atoms with van der Waals surface area (Å²) in [6, 6.07) is 12.7. The van der Waals surface area contributed by atoms with Crippen LogP contribution in [-0.2, 0) is 17.6 Å². The SMILES string of the molecule is CC(C)(C)[Si](C)(C)OCc1ccn(Cc2ccccc2)c1. The summed E-state index contributed by atoms with van der Waals surface area (Å²) in [7, 11) is -1.66. The summed E-state index contributed by atoms with van der Waals surface area (Å²) >= 11 is 0. The lowest BCUT2D eigenvalue weighted by molar-refractivity contribution is 0.276. The van der Waals surface area contributed by atoms with Gasteiger partial charge in [0.1, 0.15) is 0 Å². The Labute approximate surface area is 129 Å². The molecule has 3 heteroatoms. The van der Waals surface area contributed by atoms with Crippen molar-refractivity contribution in [2.45, 2.75) is 52.1 Å². The predicted octanol–water partition coefficient (Wildman–Crippen LogP) is 5.06. The highest BCUT2D eigenvalue weighted by atomic mass is 28.4. The van der Waals surface area contributed by atoms with Crippen molar-refractivity contribution in [3.05, 3.63) is 59.9 Å². The van der Waals surface area contributed by atoms with Crippen LogP contribution in [0.5, 0.6) is 0 Å². The van der Waals surface area contributed by atoms with E-state index in [4.69, 9.17) is 4.43 Å². The molecule has 1 aromatic carbocycles. The van der Waals surface area contributed by atoms with Crippen molar-refractivity contribution in [1.29, 1.82) is 0 Å². The summed E-state index contributed by atoms with van der Waals surface area (Å²) in [6.07, 6.45) is 4.33. The molecule has 114 valence electrons. The molecule has 0 N–H and O–H groups in total. The average Bonchev–Trinajstić information content (AvgIpc) is 2.84. The van der Waals surface area contributed by atoms with Gasteiger partial charge in [-0.05, 0) is 35.3 Å². The number of hydrogen-bond donors (Lipinski definition) is 0. The number of benzene rings is 1. The van der Waals surface area contributed by atoms with Gasteiger partial charge in [-0.25, -0.2) is 0 Å². The average molecular weight is 302 g/mol. The molecular weight excluding hydrogens is 274 g/mol. The molecule has 0 saturated carbocycles. The molecule has 1 aromatic heterocycles. The molecule has 0 radical (unpaired) electrons. The third kappa shape index (κ3) is 4.32. The Morgan fingerprint density at radius 1 is 1.00 bits per heavy atom. The minimum atomic E-state index is -1.66. The quantitative estimate of drug-likeness (QED) is 0.704. The van der Waals surface area contributed by atoms with Crippen molar-refractivity contribution in [3.8, 4) is 0 Å². The van der Waals surface area contributed by atoms with Crippen LogP contribution >= 0.6 is 0 Å². The zero-order valence-corrected chi connectivity index (χ0v) is 14.9. The largest absolute Gasteiger partial charge is 0.413 e. The van der Waals surface area contributed by atoms with Crippen molar-refractivity contribution >= 4 is 8.32 Å². The second-order valence-electron chi connectivity index (χ2n) is 7.23. The van der Waals surface area contributed by atoms with Crippen molar-refractivity contribution in [1.82, 2.24) is 4.57 Å². The number of nitrogens with zero attached hydrogens (tertiary/aromatic N) is 1. The van der Waals surface area contributed by atoms with Gasteiger partial charge in [-0.2, -0.15) is 0 Å². The summed E-state index contributed by atoms with van der Waals surface area (Å²) in [6.45, 7) is 13.1. The molecule has 0 atom stereocenters. The Morgan fingerprint density at radius 2 is 1.67 bits per heavy atom. The van der Waals surface area contributed by atoms with Gasteiger partial charge in [0.2, 0.25) is 0 Å². The fraction of sp³-hybridized carbons (Fsp3) is 0.444. The van der Waals surface area contributed by atoms with Crippen molar-refractivity contribution < 1.29 is 4.43 Å². The van der Waals surface area contributed by atoms with Gasteiger partial charge < -0.3 is 8.99 Å². The van der Waals surface area contributed by atoms with Crippen LogP contribution in [0.15, 0.2) is 48.8 Å². The molecule has 0 aliphatic rings. The van der Waals surface area contributed by atoms with E-state index in [1.165, 1.54) is 11.1 Å². The van der Waals surface area contributed by atoms with Gasteiger partial charge in [-0.1, -0.05) is 51.1 Å². The molecule has 0 aliphatic heterocycles. The standard InChI is InChI=1S/C18H27NOSi/c1-18(2,3)21(4,5)20-15-17-11-12-19(14-17)13-16-9-7-6-8-10-16/h6-12,14H,13,15H2,1-5H3. The monoisotopic (exact) mass is 301 g/mol. The van der Waals surface area contributed by atoms with E-state index < -0.39 is 8.32 Å². The molecule has 0 amide bonds. The zero-order valence-electron chi connectivity index (χ0n) is 13.9. The first kappa shape index (κ1) is 16.1. The normalized spacial score (nSPS) is 12.6. The molecule has 0 aliphatic carbocycles. The minimum absolute atomic E-state index is 0.263. The van der Waals surface area contributed by atoms with Crippen LogP contribution in [0.4, 0.5) is 0 Å². The summed E-state index contributed by atoms with van der Waals surface area (Å²) in [4.78, 5) is 0. The molecule has 0 fully saturated rings. The molecule has 21 heavy (non-hydrogen) atoms. The van der Waals surface area contributed by atoms with E-state index in [2.05, 4.69) is 87.2 Å². The van der Waals surface area contributed by atoms with Gasteiger partial charge in [0.15, 0.2) is 8.32 Å². The van der Waals surface area contributed by atoms with Gasteiger partial charge in [0.25, 0.3) is 0 Å². The van der Waals surface area contributed by atoms with Crippen LogP contribution in [0.2, 0.25) is 18.1 Å². The second-order valence-corrected chi connectivity index (χ2v) is 12.0. The van der Waals surface area contributed by atoms with Gasteiger partial charge in [0.05, 0.1) is 6.61 Å². The third-order valence-corrected chi connectivity index (χ3v) is 8.90. The highest BCUT2D eigenvalue weighted by Crippen LogP contribution is 2.37. The number of aromatic nitrogens is 1. The van der Waals surface area contributed by atoms with Crippen molar-refractivity contribution in [2.24, 2.45) is 0 Å². The Morgan fingerprint density at radius 3 is 2.29 bits per heavy atom. The lowest BCUT2D eigenvalue weighted by Crippen LogP contribution is -2.40. The van der Waals surface area contributed by atoms with Gasteiger partial charge in [-0.15, -0.1) is 0 Å². The summed E-state index contributed by atoms with van der Waals surface area (Å²) in [5.74, 6) is 0. The van der Waals surface area contributed by atoms with Gasteiger partial charge in [0, 0.05) is 18.9 Å². The van der Waals surface area contributed by atoms with Crippen LogP contribution in [0, 0.1) is 0 Å². The molecule has 2 rings (SSSR count). The Kier molecular flexibility index (Phi) is 4.74. The van der Waals surface area contributed by atoms with Gasteiger partial charge >= 0.3 is 0 Å². The molecule has 1 heterocycles. The van der Waals surface area contributed by atoms with E-state index in [1.54, 1.807) is 0 Å². The van der Waals surface area contributed by atoms with E-state index in [0.717, 1.165) is 13.2 Å². The Hall–Kier alpha value is -1.32. The zero-order chi connectivity index (χ0) is 15.5. The van der Waals surface area contributed by atoms with Crippen molar-refractivity contribution in [2.75, 3.05) is 0 Å². The minimum Gasteiger partial charge on any atom is -0.413 e. The highest BCUT2D eigenvalue weighted by molar-refractivity contribution is 6.74. The first-order chi connectivity index (χ1) is 9.78. The van der Waals surface area contributed by atoms with E-state index in [1.807, 2.05) is 0 Å². The lowest BCUT2D eigenvalue weighted by atomic mass is 10.2. The summed E-state index contributed by atoms with van der Waals surface area (Å²) in [5, 5.41) is 0.263. The first-order valence-corrected chi connectivity index (χ1v) is 10.5. The number of hydrogen-bond acceptors (Lipinski definition) is 1. The Balaban J connectivity index is 1.95. The van der Waals surface area contributed by atoms with Crippen LogP contribution in [0.25, 0.3) is 0 Å². The molecule has 0 bridgehead atoms. The summed E-state index contributed by atoms with van der Waals surface area (Å²) in [5.41, 5.74) is 2.58. The predicted molar refractivity (Wildman–Crippen MR) is 92.0 cm³/mol. The van der Waals surface area contributed by atoms with Gasteiger partial charge in [-0.3, -0.25) is 0 Å². The maximum absolute atomic E-state index is 6.27. The van der Waals surface area contributed by atoms with E-state index >= 15 is 0 Å². The molecule has 2 nitrogen and oxygen atoms in total. The fourth-order valence-electron chi connectivity index (χ4n) is 1.95. The van der Waals surface area contributed by atoms with Crippen molar-refractivity contribution in [3.63, 3.8) is 0 Å². The third-order valence-electron chi connectivity index (χ3n) is 4.43. The van der Waals surface area contributed by atoms with E-state index in [0.29, 0.717) is 0 Å². The van der Waals surface area contributed by atoms with Crippen LogP contribution < -0.4 is 0 Å². The van der Waals surface area contributed by atoms with Crippen LogP contribution in [0.1, 0.15) is 31.9 Å². The Bertz CT molecular complexity index is 566. The highest BCUT2D eigenvalue weighted by Gasteiger charge is 2.37. The number of rotatable bonds is 5. The summed E-state index contributed by atoms with van der Waals surface area (Å²) < 4.78 is 8.49. The second kappa shape index (κ2) is 6.20.